The maximum Gasteiger partial charge on any atom is 0.573 e. The number of rotatable bonds is 8. The van der Waals surface area contributed by atoms with E-state index in [0.717, 1.165) is 52.9 Å². The van der Waals surface area contributed by atoms with Crippen LogP contribution in [0.1, 0.15) is 47.9 Å². The number of amides is 2. The molecule has 2 aromatic rings. The minimum atomic E-state index is -4.86. The molecule has 14 heteroatoms. The van der Waals surface area contributed by atoms with Crippen molar-refractivity contribution in [1.29, 1.82) is 0 Å². The van der Waals surface area contributed by atoms with E-state index in [4.69, 9.17) is 0 Å². The van der Waals surface area contributed by atoms with E-state index in [9.17, 15) is 31.2 Å². The van der Waals surface area contributed by atoms with Crippen molar-refractivity contribution in [3.05, 3.63) is 64.1 Å². The molecular weight excluding hydrogens is 611 g/mol. The van der Waals surface area contributed by atoms with Gasteiger partial charge in [0.05, 0.1) is 6.04 Å². The van der Waals surface area contributed by atoms with Crippen LogP contribution < -0.4 is 15.0 Å². The summed E-state index contributed by atoms with van der Waals surface area (Å²) in [4.78, 5) is 34.1. The summed E-state index contributed by atoms with van der Waals surface area (Å²) in [6.07, 6.45) is -1.81. The average Bonchev–Trinajstić information content (AvgIpc) is 3.45. The Morgan fingerprint density at radius 3 is 2.40 bits per heavy atom. The van der Waals surface area contributed by atoms with Crippen molar-refractivity contribution in [2.75, 3.05) is 38.6 Å². The van der Waals surface area contributed by atoms with E-state index in [1.54, 1.807) is 6.08 Å². The Balaban J connectivity index is 1.28. The summed E-state index contributed by atoms with van der Waals surface area (Å²) in [6.45, 7) is 4.59. The number of aryl methyl sites for hydroxylation is 2. The van der Waals surface area contributed by atoms with Crippen LogP contribution in [0.3, 0.4) is 0 Å². The molecule has 0 unspecified atom stereocenters. The van der Waals surface area contributed by atoms with Gasteiger partial charge in [-0.05, 0) is 94.2 Å². The van der Waals surface area contributed by atoms with Gasteiger partial charge in [0.25, 0.3) is 5.91 Å². The molecule has 2 saturated heterocycles. The number of sulfonamides is 1. The molecule has 242 valence electrons. The van der Waals surface area contributed by atoms with Crippen molar-refractivity contribution in [3.63, 3.8) is 0 Å². The lowest BCUT2D eigenvalue weighted by Gasteiger charge is -2.34. The fourth-order valence-corrected chi connectivity index (χ4v) is 7.40. The third kappa shape index (κ3) is 7.07. The second-order valence-electron chi connectivity index (χ2n) is 12.0. The molecule has 0 bridgehead atoms. The SMILES string of the molecule is Cc1cc(N2C(=O)CC[C@@H]2CN(C)C)cc(C)c1C=CS(=O)(=O)N1CCC2(CC1)N=C(c1cccc(OC(F)(F)F)c1)NC2=O. The first-order valence-corrected chi connectivity index (χ1v) is 16.1. The van der Waals surface area contributed by atoms with Gasteiger partial charge in [0.2, 0.25) is 15.9 Å². The van der Waals surface area contributed by atoms with Crippen LogP contribution in [0, 0.1) is 13.8 Å². The van der Waals surface area contributed by atoms with Gasteiger partial charge in [-0.15, -0.1) is 13.2 Å². The Kier molecular flexibility index (Phi) is 8.86. The molecule has 3 heterocycles. The zero-order valence-electron chi connectivity index (χ0n) is 25.5. The van der Waals surface area contributed by atoms with Gasteiger partial charge in [0.1, 0.15) is 17.1 Å². The van der Waals surface area contributed by atoms with Crippen LogP contribution in [-0.4, -0.2) is 86.9 Å². The number of carbonyl (C=O) groups is 2. The molecular formula is C31H36F3N5O5S. The fraction of sp³-hybridized carbons (Fsp3) is 0.452. The second kappa shape index (κ2) is 12.2. The predicted octanol–water partition coefficient (Wildman–Crippen LogP) is 3.97. The molecule has 1 atom stereocenters. The molecule has 2 fully saturated rings. The molecule has 10 nitrogen and oxygen atoms in total. The Bertz CT molecular complexity index is 1640. The predicted molar refractivity (Wildman–Crippen MR) is 164 cm³/mol. The van der Waals surface area contributed by atoms with E-state index in [1.165, 1.54) is 16.4 Å². The third-order valence-corrected chi connectivity index (χ3v) is 9.96. The van der Waals surface area contributed by atoms with Crippen LogP contribution in [0.2, 0.25) is 0 Å². The number of anilines is 1. The van der Waals surface area contributed by atoms with Crippen LogP contribution in [0.4, 0.5) is 18.9 Å². The summed E-state index contributed by atoms with van der Waals surface area (Å²) in [7, 11) is 0.102. The molecule has 2 aromatic carbocycles. The van der Waals surface area contributed by atoms with Gasteiger partial charge in [0.15, 0.2) is 0 Å². The minimum Gasteiger partial charge on any atom is -0.406 e. The zero-order valence-corrected chi connectivity index (χ0v) is 26.3. The lowest BCUT2D eigenvalue weighted by molar-refractivity contribution is -0.274. The van der Waals surface area contributed by atoms with Crippen molar-refractivity contribution in [2.24, 2.45) is 4.99 Å². The van der Waals surface area contributed by atoms with Gasteiger partial charge in [-0.3, -0.25) is 14.6 Å². The first kappa shape index (κ1) is 32.6. The van der Waals surface area contributed by atoms with Crippen molar-refractivity contribution in [3.8, 4) is 5.75 Å². The standard InChI is InChI=1S/C31H36F3N5O5S/c1-20-16-24(39-23(19-37(3)4)8-9-27(39)40)17-21(2)26(20)10-15-45(42,43)38-13-11-30(12-14-38)29(41)35-28(36-30)22-6-5-7-25(18-22)44-31(32,33)34/h5-7,10,15-18,23H,8-9,11-14,19H2,1-4H3,(H,35,36,41)/t23-/m1/s1. The molecule has 3 aliphatic rings. The largest absolute Gasteiger partial charge is 0.573 e. The third-order valence-electron chi connectivity index (χ3n) is 8.40. The van der Waals surface area contributed by atoms with E-state index in [2.05, 4.69) is 19.9 Å². The van der Waals surface area contributed by atoms with E-state index < -0.39 is 33.6 Å². The highest BCUT2D eigenvalue weighted by atomic mass is 32.2. The molecule has 0 saturated carbocycles. The summed E-state index contributed by atoms with van der Waals surface area (Å²) < 4.78 is 69.9. The molecule has 0 aliphatic carbocycles. The van der Waals surface area contributed by atoms with E-state index in [1.807, 2.05) is 45.0 Å². The molecule has 0 aromatic heterocycles. The summed E-state index contributed by atoms with van der Waals surface area (Å²) in [5.74, 6) is -0.681. The fourth-order valence-electron chi connectivity index (χ4n) is 6.23. The molecule has 1 spiro atoms. The number of halogens is 3. The van der Waals surface area contributed by atoms with Crippen LogP contribution in [-0.2, 0) is 19.6 Å². The Labute approximate surface area is 260 Å². The Morgan fingerprint density at radius 2 is 1.78 bits per heavy atom. The van der Waals surface area contributed by atoms with Gasteiger partial charge in [-0.2, -0.15) is 4.31 Å². The summed E-state index contributed by atoms with van der Waals surface area (Å²) >= 11 is 0. The summed E-state index contributed by atoms with van der Waals surface area (Å²) in [6, 6.07) is 9.05. The highest BCUT2D eigenvalue weighted by Crippen LogP contribution is 2.34. The van der Waals surface area contributed by atoms with Gasteiger partial charge in [-0.25, -0.2) is 8.42 Å². The number of piperidine rings is 1. The summed E-state index contributed by atoms with van der Waals surface area (Å²) in [5, 5.41) is 3.80. The van der Waals surface area contributed by atoms with Gasteiger partial charge < -0.3 is 19.9 Å². The van der Waals surface area contributed by atoms with Crippen LogP contribution in [0.5, 0.6) is 5.75 Å². The highest BCUT2D eigenvalue weighted by Gasteiger charge is 2.47. The van der Waals surface area contributed by atoms with Gasteiger partial charge in [-0.1, -0.05) is 12.1 Å². The number of hydrogen-bond acceptors (Lipinski definition) is 7. The van der Waals surface area contributed by atoms with Crippen LogP contribution in [0.25, 0.3) is 6.08 Å². The molecule has 2 amide bonds. The van der Waals surface area contributed by atoms with Crippen molar-refractivity contribution in [2.45, 2.75) is 57.5 Å². The van der Waals surface area contributed by atoms with Crippen molar-refractivity contribution >= 4 is 39.4 Å². The highest BCUT2D eigenvalue weighted by molar-refractivity contribution is 7.92. The number of carbonyl (C=O) groups excluding carboxylic acids is 2. The van der Waals surface area contributed by atoms with E-state index in [-0.39, 0.29) is 49.3 Å². The zero-order chi connectivity index (χ0) is 32.7. The van der Waals surface area contributed by atoms with Gasteiger partial charge in [0, 0.05) is 42.7 Å². The lowest BCUT2D eigenvalue weighted by Crippen LogP contribution is -2.50. The molecule has 0 radical (unpaired) electrons. The monoisotopic (exact) mass is 647 g/mol. The Morgan fingerprint density at radius 1 is 1.11 bits per heavy atom. The molecule has 1 N–H and O–H groups in total. The van der Waals surface area contributed by atoms with Crippen LogP contribution in [0.15, 0.2) is 46.8 Å². The maximum atomic E-state index is 13.3. The first-order chi connectivity index (χ1) is 21.1. The van der Waals surface area contributed by atoms with Gasteiger partial charge >= 0.3 is 6.36 Å². The smallest absolute Gasteiger partial charge is 0.406 e. The molecule has 45 heavy (non-hydrogen) atoms. The second-order valence-corrected chi connectivity index (χ2v) is 13.8. The van der Waals surface area contributed by atoms with Crippen molar-refractivity contribution in [1.82, 2.24) is 14.5 Å². The number of nitrogens with one attached hydrogen (secondary N) is 1. The number of hydrogen-bond donors (Lipinski definition) is 1. The number of nitrogens with zero attached hydrogens (tertiary/aromatic N) is 4. The molecule has 3 aliphatic heterocycles. The molecule has 5 rings (SSSR count). The number of alkyl halides is 3. The topological polar surface area (TPSA) is 112 Å². The number of benzene rings is 2. The average molecular weight is 648 g/mol. The summed E-state index contributed by atoms with van der Waals surface area (Å²) in [5.41, 5.74) is 2.26. The normalized spacial score (nSPS) is 20.8. The van der Waals surface area contributed by atoms with E-state index in [0.29, 0.717) is 6.42 Å². The van der Waals surface area contributed by atoms with Crippen LogP contribution >= 0.6 is 0 Å². The number of ether oxygens (including phenoxy) is 1. The number of amidine groups is 1. The minimum absolute atomic E-state index is 0.0370. The first-order valence-electron chi connectivity index (χ1n) is 14.6. The Hall–Kier alpha value is -3.75. The maximum absolute atomic E-state index is 13.3. The van der Waals surface area contributed by atoms with Crippen molar-refractivity contribution < 1.29 is 35.9 Å². The van der Waals surface area contributed by atoms with E-state index >= 15 is 0 Å². The number of aliphatic imine (C=N–C) groups is 1. The number of likely N-dealkylation sites (N-methyl/N-ethyl adjacent to an activating group) is 1. The lowest BCUT2D eigenvalue weighted by atomic mass is 9.89. The quantitative estimate of drug-likeness (QED) is 0.465.